The smallest absolute Gasteiger partial charge is 0.280 e. The zero-order valence-corrected chi connectivity index (χ0v) is 12.4. The maximum Gasteiger partial charge on any atom is 0.280 e. The molecule has 1 rings (SSSR count). The molecule has 0 saturated heterocycles. The largest absolute Gasteiger partial charge is 0.370 e. The standard InChI is InChI=1S/C15H21N3O2/c1-9(19)12-7-10(13(20)18-14(16)17)5-6-11(12)8-15(2,3)4/h5-7H,8H2,1-4H3,(H4,16,17,18,20). The highest BCUT2D eigenvalue weighted by molar-refractivity contribution is 6.04. The molecule has 0 aromatic heterocycles. The van der Waals surface area contributed by atoms with E-state index < -0.39 is 5.91 Å². The maximum atomic E-state index is 11.8. The van der Waals surface area contributed by atoms with Crippen molar-refractivity contribution in [2.75, 3.05) is 0 Å². The number of carbonyl (C=O) groups excluding carboxylic acids is 2. The number of nitrogens with zero attached hydrogens (tertiary/aromatic N) is 1. The molecule has 0 saturated carbocycles. The molecule has 0 radical (unpaired) electrons. The highest BCUT2D eigenvalue weighted by atomic mass is 16.1. The third-order valence-corrected chi connectivity index (χ3v) is 2.69. The van der Waals surface area contributed by atoms with Crippen LogP contribution in [0.1, 0.15) is 54.0 Å². The first-order valence-electron chi connectivity index (χ1n) is 6.38. The highest BCUT2D eigenvalue weighted by Gasteiger charge is 2.17. The van der Waals surface area contributed by atoms with E-state index in [9.17, 15) is 9.59 Å². The molecule has 0 atom stereocenters. The van der Waals surface area contributed by atoms with Crippen molar-refractivity contribution in [3.8, 4) is 0 Å². The summed E-state index contributed by atoms with van der Waals surface area (Å²) in [7, 11) is 0. The van der Waals surface area contributed by atoms with Gasteiger partial charge in [0, 0.05) is 11.1 Å². The van der Waals surface area contributed by atoms with Gasteiger partial charge in [0.15, 0.2) is 11.7 Å². The van der Waals surface area contributed by atoms with Crippen LogP contribution in [0.2, 0.25) is 0 Å². The second-order valence-electron chi connectivity index (χ2n) is 6.01. The summed E-state index contributed by atoms with van der Waals surface area (Å²) >= 11 is 0. The number of ketones is 1. The highest BCUT2D eigenvalue weighted by Crippen LogP contribution is 2.24. The van der Waals surface area contributed by atoms with Crippen molar-refractivity contribution in [1.29, 1.82) is 0 Å². The van der Waals surface area contributed by atoms with E-state index in [0.717, 1.165) is 12.0 Å². The van der Waals surface area contributed by atoms with E-state index in [4.69, 9.17) is 11.5 Å². The summed E-state index contributed by atoms with van der Waals surface area (Å²) in [5.41, 5.74) is 12.2. The number of nitrogens with two attached hydrogens (primary N) is 2. The topological polar surface area (TPSA) is 98.5 Å². The van der Waals surface area contributed by atoms with E-state index in [1.54, 1.807) is 18.2 Å². The summed E-state index contributed by atoms with van der Waals surface area (Å²) in [6, 6.07) is 4.98. The van der Waals surface area contributed by atoms with E-state index in [1.807, 2.05) is 0 Å². The number of hydrogen-bond acceptors (Lipinski definition) is 2. The predicted molar refractivity (Wildman–Crippen MR) is 79.7 cm³/mol. The minimum absolute atomic E-state index is 0.0512. The average Bonchev–Trinajstić information content (AvgIpc) is 2.25. The Morgan fingerprint density at radius 3 is 2.25 bits per heavy atom. The lowest BCUT2D eigenvalue weighted by Gasteiger charge is -2.20. The first-order valence-corrected chi connectivity index (χ1v) is 6.38. The van der Waals surface area contributed by atoms with Gasteiger partial charge in [0.25, 0.3) is 5.91 Å². The number of rotatable bonds is 3. The number of guanidine groups is 1. The zero-order chi connectivity index (χ0) is 15.5. The van der Waals surface area contributed by atoms with Gasteiger partial charge in [0.05, 0.1) is 0 Å². The van der Waals surface area contributed by atoms with Crippen LogP contribution in [0.25, 0.3) is 0 Å². The van der Waals surface area contributed by atoms with Gasteiger partial charge < -0.3 is 11.5 Å². The third kappa shape index (κ3) is 4.50. The van der Waals surface area contributed by atoms with Crippen LogP contribution < -0.4 is 11.5 Å². The van der Waals surface area contributed by atoms with Gasteiger partial charge in [-0.2, -0.15) is 4.99 Å². The molecule has 1 amide bonds. The lowest BCUT2D eigenvalue weighted by Crippen LogP contribution is -2.24. The van der Waals surface area contributed by atoms with Crippen molar-refractivity contribution in [3.63, 3.8) is 0 Å². The number of carbonyl (C=O) groups is 2. The Morgan fingerprint density at radius 2 is 1.80 bits per heavy atom. The molecule has 0 aliphatic heterocycles. The second-order valence-corrected chi connectivity index (χ2v) is 6.01. The van der Waals surface area contributed by atoms with E-state index >= 15 is 0 Å². The summed E-state index contributed by atoms with van der Waals surface area (Å²) in [4.78, 5) is 27.0. The Balaban J connectivity index is 3.24. The molecule has 5 heteroatoms. The van der Waals surface area contributed by atoms with E-state index in [1.165, 1.54) is 6.92 Å². The molecule has 0 fully saturated rings. The quantitative estimate of drug-likeness (QED) is 0.500. The Labute approximate surface area is 119 Å². The summed E-state index contributed by atoms with van der Waals surface area (Å²) in [6.45, 7) is 7.76. The van der Waals surface area contributed by atoms with Crippen LogP contribution in [-0.2, 0) is 6.42 Å². The molecule has 0 aliphatic rings. The molecule has 108 valence electrons. The Hall–Kier alpha value is -2.17. The van der Waals surface area contributed by atoms with E-state index in [0.29, 0.717) is 11.1 Å². The van der Waals surface area contributed by atoms with Crippen LogP contribution in [-0.4, -0.2) is 17.6 Å². The van der Waals surface area contributed by atoms with E-state index in [-0.39, 0.29) is 17.2 Å². The molecule has 0 bridgehead atoms. The van der Waals surface area contributed by atoms with Gasteiger partial charge in [-0.1, -0.05) is 26.8 Å². The Bertz CT molecular complexity index is 565. The number of aliphatic imine (C=N–C) groups is 1. The lowest BCUT2D eigenvalue weighted by atomic mass is 9.85. The Morgan fingerprint density at radius 1 is 1.20 bits per heavy atom. The van der Waals surface area contributed by atoms with Gasteiger partial charge in [-0.15, -0.1) is 0 Å². The van der Waals surface area contributed by atoms with Gasteiger partial charge in [-0.25, -0.2) is 0 Å². The molecule has 5 nitrogen and oxygen atoms in total. The van der Waals surface area contributed by atoms with Gasteiger partial charge >= 0.3 is 0 Å². The van der Waals surface area contributed by atoms with Crippen molar-refractivity contribution < 1.29 is 9.59 Å². The predicted octanol–water partition coefficient (Wildman–Crippen LogP) is 1.89. The minimum atomic E-state index is -0.546. The molecule has 0 unspecified atom stereocenters. The van der Waals surface area contributed by atoms with Crippen LogP contribution in [0.4, 0.5) is 0 Å². The molecule has 1 aromatic rings. The van der Waals surface area contributed by atoms with Crippen LogP contribution >= 0.6 is 0 Å². The summed E-state index contributed by atoms with van der Waals surface area (Å²) < 4.78 is 0. The molecule has 1 aromatic carbocycles. The van der Waals surface area contributed by atoms with Crippen LogP contribution in [0.15, 0.2) is 23.2 Å². The molecule has 0 spiro atoms. The van der Waals surface area contributed by atoms with Crippen molar-refractivity contribution in [2.45, 2.75) is 34.1 Å². The van der Waals surface area contributed by atoms with Gasteiger partial charge in [-0.3, -0.25) is 9.59 Å². The molecular formula is C15H21N3O2. The summed E-state index contributed by atoms with van der Waals surface area (Å²) in [6.07, 6.45) is 0.749. The number of amides is 1. The normalized spacial score (nSPS) is 11.0. The maximum absolute atomic E-state index is 11.8. The first-order chi connectivity index (χ1) is 9.10. The van der Waals surface area contributed by atoms with Gasteiger partial charge in [0.1, 0.15) is 0 Å². The van der Waals surface area contributed by atoms with E-state index in [2.05, 4.69) is 25.8 Å². The fourth-order valence-electron chi connectivity index (χ4n) is 1.94. The zero-order valence-electron chi connectivity index (χ0n) is 12.4. The molecular weight excluding hydrogens is 254 g/mol. The minimum Gasteiger partial charge on any atom is -0.370 e. The van der Waals surface area contributed by atoms with Crippen molar-refractivity contribution in [2.24, 2.45) is 21.9 Å². The van der Waals surface area contributed by atoms with Gasteiger partial charge in [0.2, 0.25) is 0 Å². The number of Topliss-reactive ketones (excluding diaryl/α,β-unsaturated/α-hetero) is 1. The van der Waals surface area contributed by atoms with Crippen LogP contribution in [0.3, 0.4) is 0 Å². The van der Waals surface area contributed by atoms with Crippen molar-refractivity contribution in [3.05, 3.63) is 34.9 Å². The summed E-state index contributed by atoms with van der Waals surface area (Å²) in [5.74, 6) is -0.920. The molecule has 20 heavy (non-hydrogen) atoms. The second kappa shape index (κ2) is 5.86. The summed E-state index contributed by atoms with van der Waals surface area (Å²) in [5, 5.41) is 0. The SMILES string of the molecule is CC(=O)c1cc(C(=O)N=C(N)N)ccc1CC(C)(C)C. The monoisotopic (exact) mass is 275 g/mol. The van der Waals surface area contributed by atoms with Crippen molar-refractivity contribution in [1.82, 2.24) is 0 Å². The first kappa shape index (κ1) is 15.9. The fourth-order valence-corrected chi connectivity index (χ4v) is 1.94. The Kier molecular flexibility index (Phi) is 4.65. The molecule has 0 aliphatic carbocycles. The molecule has 4 N–H and O–H groups in total. The third-order valence-electron chi connectivity index (χ3n) is 2.69. The molecule has 0 heterocycles. The van der Waals surface area contributed by atoms with Crippen LogP contribution in [0, 0.1) is 5.41 Å². The van der Waals surface area contributed by atoms with Gasteiger partial charge in [-0.05, 0) is 36.5 Å². The fraction of sp³-hybridized carbons (Fsp3) is 0.400. The number of hydrogen-bond donors (Lipinski definition) is 2. The number of benzene rings is 1. The van der Waals surface area contributed by atoms with Crippen LogP contribution in [0.5, 0.6) is 0 Å². The average molecular weight is 275 g/mol. The van der Waals surface area contributed by atoms with Crippen molar-refractivity contribution >= 4 is 17.6 Å². The lowest BCUT2D eigenvalue weighted by molar-refractivity contribution is 0.100.